The van der Waals surface area contributed by atoms with E-state index in [1.807, 2.05) is 4.90 Å². The number of carbonyl (C=O) groups excluding carboxylic acids is 3. The predicted octanol–water partition coefficient (Wildman–Crippen LogP) is 2.03. The Balaban J connectivity index is 1.45. The third kappa shape index (κ3) is 2.50. The molecule has 6 nitrogen and oxygen atoms in total. The highest BCUT2D eigenvalue weighted by Gasteiger charge is 2.53. The molecule has 0 unspecified atom stereocenters. The maximum Gasteiger partial charge on any atom is 0.325 e. The Morgan fingerprint density at radius 1 is 1.04 bits per heavy atom. The molecule has 4 rings (SSSR count). The molecule has 24 heavy (non-hydrogen) atoms. The number of urea groups is 1. The van der Waals surface area contributed by atoms with Gasteiger partial charge in [-0.05, 0) is 44.4 Å². The summed E-state index contributed by atoms with van der Waals surface area (Å²) in [6.45, 7) is 0.685. The van der Waals surface area contributed by atoms with Crippen molar-refractivity contribution in [2.75, 3.05) is 13.1 Å². The average Bonchev–Trinajstić information content (AvgIpc) is 3.15. The molecule has 0 radical (unpaired) electrons. The van der Waals surface area contributed by atoms with E-state index in [0.717, 1.165) is 32.2 Å². The summed E-state index contributed by atoms with van der Waals surface area (Å²) in [5, 5.41) is 2.86. The van der Waals surface area contributed by atoms with Gasteiger partial charge >= 0.3 is 6.03 Å². The molecule has 2 atom stereocenters. The number of carbonyl (C=O) groups is 3. The van der Waals surface area contributed by atoms with Crippen LogP contribution in [-0.4, -0.2) is 52.3 Å². The molecule has 0 aromatic heterocycles. The van der Waals surface area contributed by atoms with Crippen molar-refractivity contribution in [1.29, 1.82) is 0 Å². The van der Waals surface area contributed by atoms with Crippen LogP contribution in [0.5, 0.6) is 0 Å². The number of hydrogen-bond acceptors (Lipinski definition) is 3. The van der Waals surface area contributed by atoms with Gasteiger partial charge in [-0.1, -0.05) is 25.7 Å². The number of imide groups is 1. The highest BCUT2D eigenvalue weighted by molar-refractivity contribution is 6.09. The number of rotatable bonds is 2. The van der Waals surface area contributed by atoms with Crippen LogP contribution in [0.3, 0.4) is 0 Å². The Kier molecular flexibility index (Phi) is 4.01. The second-order valence-corrected chi connectivity index (χ2v) is 7.95. The number of likely N-dealkylation sites (tertiary alicyclic amines) is 1. The van der Waals surface area contributed by atoms with E-state index in [-0.39, 0.29) is 24.4 Å². The lowest BCUT2D eigenvalue weighted by atomic mass is 9.78. The van der Waals surface area contributed by atoms with Crippen molar-refractivity contribution in [2.24, 2.45) is 5.92 Å². The lowest BCUT2D eigenvalue weighted by molar-refractivity contribution is -0.142. The van der Waals surface area contributed by atoms with Gasteiger partial charge in [0.2, 0.25) is 5.91 Å². The zero-order chi connectivity index (χ0) is 16.7. The summed E-state index contributed by atoms with van der Waals surface area (Å²) in [5.74, 6) is 0.376. The van der Waals surface area contributed by atoms with Crippen LogP contribution in [0.25, 0.3) is 0 Å². The van der Waals surface area contributed by atoms with Gasteiger partial charge in [-0.3, -0.25) is 14.5 Å². The summed E-state index contributed by atoms with van der Waals surface area (Å²) >= 11 is 0. The Hall–Kier alpha value is -1.59. The van der Waals surface area contributed by atoms with Crippen LogP contribution in [0.15, 0.2) is 0 Å². The summed E-state index contributed by atoms with van der Waals surface area (Å²) in [7, 11) is 0. The van der Waals surface area contributed by atoms with E-state index in [4.69, 9.17) is 0 Å². The van der Waals surface area contributed by atoms with Gasteiger partial charge in [0, 0.05) is 12.6 Å². The smallest absolute Gasteiger partial charge is 0.325 e. The van der Waals surface area contributed by atoms with Gasteiger partial charge in [0.15, 0.2) is 0 Å². The van der Waals surface area contributed by atoms with E-state index in [2.05, 4.69) is 5.32 Å². The second-order valence-electron chi connectivity index (χ2n) is 7.95. The van der Waals surface area contributed by atoms with Crippen LogP contribution >= 0.6 is 0 Å². The summed E-state index contributed by atoms with van der Waals surface area (Å²) < 4.78 is 0. The highest BCUT2D eigenvalue weighted by atomic mass is 16.2. The first-order valence-corrected chi connectivity index (χ1v) is 9.54. The third-order valence-electron chi connectivity index (χ3n) is 6.56. The van der Waals surface area contributed by atoms with Gasteiger partial charge in [0.05, 0.1) is 0 Å². The Morgan fingerprint density at radius 2 is 1.75 bits per heavy atom. The van der Waals surface area contributed by atoms with Crippen LogP contribution in [0, 0.1) is 5.92 Å². The highest BCUT2D eigenvalue weighted by Crippen LogP contribution is 2.37. The fourth-order valence-electron chi connectivity index (χ4n) is 5.30. The van der Waals surface area contributed by atoms with Crippen LogP contribution in [0.2, 0.25) is 0 Å². The summed E-state index contributed by atoms with van der Waals surface area (Å²) in [4.78, 5) is 41.0. The first-order chi connectivity index (χ1) is 11.6. The molecule has 1 N–H and O–H groups in total. The zero-order valence-electron chi connectivity index (χ0n) is 14.3. The fraction of sp³-hybridized carbons (Fsp3) is 0.833. The van der Waals surface area contributed by atoms with E-state index < -0.39 is 5.54 Å². The monoisotopic (exact) mass is 333 g/mol. The fourth-order valence-corrected chi connectivity index (χ4v) is 5.30. The van der Waals surface area contributed by atoms with Gasteiger partial charge in [0.1, 0.15) is 12.1 Å². The zero-order valence-corrected chi connectivity index (χ0v) is 14.3. The predicted molar refractivity (Wildman–Crippen MR) is 88.1 cm³/mol. The van der Waals surface area contributed by atoms with Crippen molar-refractivity contribution >= 4 is 17.8 Å². The molecule has 4 fully saturated rings. The number of hydrogen-bond donors (Lipinski definition) is 1. The molecule has 0 aromatic rings. The van der Waals surface area contributed by atoms with Gasteiger partial charge in [0.25, 0.3) is 5.91 Å². The van der Waals surface area contributed by atoms with Gasteiger partial charge in [-0.15, -0.1) is 0 Å². The van der Waals surface area contributed by atoms with Crippen LogP contribution in [-0.2, 0) is 9.59 Å². The van der Waals surface area contributed by atoms with E-state index in [0.29, 0.717) is 24.8 Å². The Labute approximate surface area is 142 Å². The van der Waals surface area contributed by atoms with Crippen LogP contribution < -0.4 is 5.32 Å². The van der Waals surface area contributed by atoms with E-state index in [1.54, 1.807) is 0 Å². The summed E-state index contributed by atoms with van der Waals surface area (Å²) in [6.07, 6.45) is 10.3. The molecule has 2 saturated carbocycles. The van der Waals surface area contributed by atoms with Crippen LogP contribution in [0.1, 0.15) is 64.2 Å². The van der Waals surface area contributed by atoms with Gasteiger partial charge in [-0.25, -0.2) is 4.79 Å². The number of amides is 4. The quantitative estimate of drug-likeness (QED) is 0.786. The minimum absolute atomic E-state index is 0.0508. The third-order valence-corrected chi connectivity index (χ3v) is 6.56. The van der Waals surface area contributed by atoms with Crippen molar-refractivity contribution in [3.05, 3.63) is 0 Å². The molecular formula is C18H27N3O3. The largest absolute Gasteiger partial charge is 0.338 e. The molecule has 6 heteroatoms. The van der Waals surface area contributed by atoms with Crippen molar-refractivity contribution < 1.29 is 14.4 Å². The van der Waals surface area contributed by atoms with E-state index in [9.17, 15) is 14.4 Å². The minimum atomic E-state index is -0.716. The molecule has 2 aliphatic carbocycles. The molecule has 4 amide bonds. The molecule has 4 aliphatic rings. The number of piperidine rings is 1. The lowest BCUT2D eigenvalue weighted by Gasteiger charge is -2.44. The van der Waals surface area contributed by atoms with Crippen LogP contribution in [0.4, 0.5) is 4.79 Å². The van der Waals surface area contributed by atoms with Crippen molar-refractivity contribution in [2.45, 2.75) is 75.8 Å². The summed E-state index contributed by atoms with van der Waals surface area (Å²) in [5.41, 5.74) is -0.716. The van der Waals surface area contributed by atoms with Crippen molar-refractivity contribution in [3.63, 3.8) is 0 Å². The first kappa shape index (κ1) is 15.9. The SMILES string of the molecule is O=C1NC2(CCCC2)C(=O)N1CC(=O)N1CCC[C@H]2CCCC[C@H]21. The molecule has 1 spiro atoms. The molecule has 2 heterocycles. The van der Waals surface area contributed by atoms with Gasteiger partial charge in [-0.2, -0.15) is 0 Å². The summed E-state index contributed by atoms with van der Waals surface area (Å²) in [6, 6.07) is -0.0614. The molecule has 132 valence electrons. The maximum atomic E-state index is 12.9. The minimum Gasteiger partial charge on any atom is -0.338 e. The average molecular weight is 333 g/mol. The number of fused-ring (bicyclic) bond motifs is 1. The normalized spacial score (nSPS) is 32.2. The molecule has 0 bridgehead atoms. The second kappa shape index (κ2) is 6.05. The van der Waals surface area contributed by atoms with Crippen molar-refractivity contribution in [3.8, 4) is 0 Å². The molecule has 0 aromatic carbocycles. The lowest BCUT2D eigenvalue weighted by Crippen LogP contribution is -2.53. The first-order valence-electron chi connectivity index (χ1n) is 9.54. The number of nitrogens with zero attached hydrogens (tertiary/aromatic N) is 2. The Morgan fingerprint density at radius 3 is 2.54 bits per heavy atom. The maximum absolute atomic E-state index is 12.9. The molecule has 2 saturated heterocycles. The topological polar surface area (TPSA) is 69.7 Å². The van der Waals surface area contributed by atoms with Gasteiger partial charge < -0.3 is 10.2 Å². The molecular weight excluding hydrogens is 306 g/mol. The number of nitrogens with one attached hydrogen (secondary N) is 1. The molecule has 2 aliphatic heterocycles. The van der Waals surface area contributed by atoms with Crippen molar-refractivity contribution in [1.82, 2.24) is 15.1 Å². The standard InChI is InChI=1S/C18H27N3O3/c22-15(20-11-5-7-13-6-1-2-8-14(13)20)12-21-16(23)18(19-17(21)24)9-3-4-10-18/h13-14H,1-12H2,(H,19,24)/t13-,14-/m1/s1. The van der Waals surface area contributed by atoms with E-state index in [1.165, 1.54) is 30.6 Å². The van der Waals surface area contributed by atoms with E-state index >= 15 is 0 Å². The Bertz CT molecular complexity index is 554.